The summed E-state index contributed by atoms with van der Waals surface area (Å²) in [5, 5.41) is 30.3. The minimum Gasteiger partial charge on any atom is -0.395 e. The molecule has 2 fully saturated rings. The molecule has 0 bridgehead atoms. The van der Waals surface area contributed by atoms with Gasteiger partial charge in [-0.3, -0.25) is 19.1 Å². The monoisotopic (exact) mass is 659 g/mol. The van der Waals surface area contributed by atoms with E-state index in [0.29, 0.717) is 0 Å². The van der Waals surface area contributed by atoms with E-state index in [1.807, 2.05) is 0 Å². The second kappa shape index (κ2) is 11.3. The summed E-state index contributed by atoms with van der Waals surface area (Å²) in [4.78, 5) is 56.7. The number of aliphatic hydroxyl groups excluding tert-OH is 3. The Morgan fingerprint density at radius 3 is 2.60 bits per heavy atom. The molecule has 0 radical (unpaired) electrons. The zero-order valence-electron chi connectivity index (χ0n) is 22.2. The Labute approximate surface area is 249 Å². The highest BCUT2D eigenvalue weighted by molar-refractivity contribution is 8.09. The first kappa shape index (κ1) is 30.2. The summed E-state index contributed by atoms with van der Waals surface area (Å²) in [7, 11) is 0. The van der Waals surface area contributed by atoms with Gasteiger partial charge >= 0.3 is 0 Å². The molecular weight excluding hydrogens is 632 g/mol. The number of hydrogen-bond donors (Lipinski definition) is 7. The van der Waals surface area contributed by atoms with E-state index < -0.39 is 83.7 Å². The highest BCUT2D eigenvalue weighted by atomic mass is 32.5. The molecule has 2 aliphatic rings. The number of thioether (sulfide) groups is 1. The summed E-state index contributed by atoms with van der Waals surface area (Å²) in [6.45, 7) is -3.13. The van der Waals surface area contributed by atoms with Crippen molar-refractivity contribution in [1.29, 1.82) is 0 Å². The van der Waals surface area contributed by atoms with Crippen molar-refractivity contribution in [2.75, 3.05) is 18.9 Å². The van der Waals surface area contributed by atoms with E-state index in [4.69, 9.17) is 26.8 Å². The first-order chi connectivity index (χ1) is 20.4. The van der Waals surface area contributed by atoms with Crippen LogP contribution in [0.2, 0.25) is 0 Å². The van der Waals surface area contributed by atoms with Gasteiger partial charge in [0.05, 0.1) is 48.9 Å². The van der Waals surface area contributed by atoms with Gasteiger partial charge in [0.1, 0.15) is 12.2 Å². The molecule has 232 valence electrons. The molecule has 21 heteroatoms. The molecule has 2 saturated heterocycles. The summed E-state index contributed by atoms with van der Waals surface area (Å²) < 4.78 is 29.3. The predicted molar refractivity (Wildman–Crippen MR) is 154 cm³/mol. The maximum atomic E-state index is 15.2. The van der Waals surface area contributed by atoms with Crippen LogP contribution in [0.3, 0.4) is 0 Å². The smallest absolute Gasteiger partial charge is 0.280 e. The van der Waals surface area contributed by atoms with Crippen molar-refractivity contribution >= 4 is 58.3 Å². The third kappa shape index (κ3) is 5.09. The van der Waals surface area contributed by atoms with Crippen molar-refractivity contribution in [2.24, 2.45) is 5.92 Å². The lowest BCUT2D eigenvalue weighted by atomic mass is 9.96. The Balaban J connectivity index is 1.22. The molecule has 10 atom stereocenters. The van der Waals surface area contributed by atoms with Crippen LogP contribution in [0.4, 0.5) is 10.3 Å². The first-order valence-corrected chi connectivity index (χ1v) is 16.6. The van der Waals surface area contributed by atoms with Gasteiger partial charge in [-0.15, -0.1) is 11.8 Å². The fourth-order valence-corrected chi connectivity index (χ4v) is 9.19. The number of halogens is 1. The minimum atomic E-state index is -3.81. The molecule has 4 aromatic heterocycles. The number of anilines is 1. The molecule has 8 N–H and O–H groups in total. The van der Waals surface area contributed by atoms with Gasteiger partial charge in [-0.25, -0.2) is 19.3 Å². The van der Waals surface area contributed by atoms with Crippen LogP contribution in [0.1, 0.15) is 18.5 Å². The summed E-state index contributed by atoms with van der Waals surface area (Å²) in [5.41, 5.74) is 3.89. The van der Waals surface area contributed by atoms with Gasteiger partial charge in [-0.05, 0) is 11.8 Å². The SMILES string of the molecule is C[C@@H]([C@@H]1[C@H](O)[C@@H](CO)S[C@H]1n1cnc2c(=O)[nH]c(N)nc21)P(O)(=S)OC[C@H]1O[C@@H](n2cnc3c(=O)[nH]cnc32)[C@@H](F)[C@@H]1O. The Hall–Kier alpha value is -2.81. The fraction of sp³-hybridized carbons (Fsp3) is 0.545. The number of hydrogen-bond acceptors (Lipinski definition) is 14. The Bertz CT molecular complexity index is 1840. The van der Waals surface area contributed by atoms with Crippen molar-refractivity contribution in [1.82, 2.24) is 39.0 Å². The van der Waals surface area contributed by atoms with E-state index in [-0.39, 0.29) is 28.3 Å². The van der Waals surface area contributed by atoms with Crippen LogP contribution in [0.15, 0.2) is 28.6 Å². The molecule has 0 spiro atoms. The lowest BCUT2D eigenvalue weighted by Gasteiger charge is -2.33. The Morgan fingerprint density at radius 2 is 1.88 bits per heavy atom. The lowest BCUT2D eigenvalue weighted by molar-refractivity contribution is -0.0416. The molecule has 43 heavy (non-hydrogen) atoms. The number of fused-ring (bicyclic) bond motifs is 2. The predicted octanol–water partition coefficient (Wildman–Crippen LogP) is -1.28. The average Bonchev–Trinajstić information content (AvgIpc) is 3.72. The van der Waals surface area contributed by atoms with Crippen LogP contribution in [0, 0.1) is 5.92 Å². The number of aromatic amines is 2. The van der Waals surface area contributed by atoms with Crippen molar-refractivity contribution in [3.05, 3.63) is 39.7 Å². The third-order valence-electron chi connectivity index (χ3n) is 7.75. The van der Waals surface area contributed by atoms with Gasteiger partial charge in [-0.1, -0.05) is 6.92 Å². The van der Waals surface area contributed by atoms with E-state index >= 15 is 4.39 Å². The fourth-order valence-electron chi connectivity index (χ4n) is 5.45. The molecular formula is C22H27FN9O8PS2. The van der Waals surface area contributed by atoms with Gasteiger partial charge in [0, 0.05) is 11.6 Å². The van der Waals surface area contributed by atoms with Gasteiger partial charge in [0.15, 0.2) is 41.2 Å². The van der Waals surface area contributed by atoms with Crippen LogP contribution in [-0.4, -0.2) is 108 Å². The lowest BCUT2D eigenvalue weighted by Crippen LogP contribution is -2.37. The number of nitrogens with one attached hydrogen (secondary N) is 2. The molecule has 17 nitrogen and oxygen atoms in total. The van der Waals surface area contributed by atoms with E-state index in [0.717, 1.165) is 6.33 Å². The topological polar surface area (TPSA) is 253 Å². The zero-order chi connectivity index (χ0) is 30.8. The summed E-state index contributed by atoms with van der Waals surface area (Å²) in [6.07, 6.45) is -3.80. The van der Waals surface area contributed by atoms with Crippen LogP contribution < -0.4 is 16.9 Å². The van der Waals surface area contributed by atoms with Gasteiger partial charge in [0.25, 0.3) is 11.1 Å². The van der Waals surface area contributed by atoms with Crippen molar-refractivity contribution < 1.29 is 33.9 Å². The molecule has 0 saturated carbocycles. The van der Waals surface area contributed by atoms with E-state index in [1.54, 1.807) is 6.92 Å². The average molecular weight is 660 g/mol. The van der Waals surface area contributed by atoms with Gasteiger partial charge in [-0.2, -0.15) is 4.98 Å². The largest absolute Gasteiger partial charge is 0.395 e. The van der Waals surface area contributed by atoms with Crippen LogP contribution in [-0.2, 0) is 21.1 Å². The van der Waals surface area contributed by atoms with Crippen molar-refractivity contribution in [3.63, 3.8) is 0 Å². The number of alkyl halides is 1. The number of aromatic nitrogens is 8. The second-order valence-corrected chi connectivity index (χ2v) is 15.4. The number of nitrogens with zero attached hydrogens (tertiary/aromatic N) is 6. The summed E-state index contributed by atoms with van der Waals surface area (Å²) >= 11 is 6.67. The van der Waals surface area contributed by atoms with Crippen molar-refractivity contribution in [2.45, 2.75) is 53.9 Å². The number of aliphatic hydroxyl groups is 3. The van der Waals surface area contributed by atoms with Gasteiger partial charge < -0.3 is 44.8 Å². The van der Waals surface area contributed by atoms with Crippen LogP contribution >= 0.6 is 18.3 Å². The number of imidazole rings is 2. The summed E-state index contributed by atoms with van der Waals surface area (Å²) in [6, 6.07) is 0. The zero-order valence-corrected chi connectivity index (χ0v) is 24.7. The van der Waals surface area contributed by atoms with E-state index in [2.05, 4.69) is 29.9 Å². The second-order valence-electron chi connectivity index (χ2n) is 10.2. The Morgan fingerprint density at radius 1 is 1.19 bits per heavy atom. The third-order valence-corrected chi connectivity index (χ3v) is 12.6. The number of nitrogen functional groups attached to an aromatic ring is 1. The molecule has 4 aromatic rings. The number of nitrogens with two attached hydrogens (primary N) is 1. The Kier molecular flexibility index (Phi) is 7.93. The molecule has 0 aromatic carbocycles. The molecule has 6 heterocycles. The molecule has 0 amide bonds. The molecule has 1 unspecified atom stereocenters. The maximum Gasteiger partial charge on any atom is 0.280 e. The van der Waals surface area contributed by atoms with Crippen LogP contribution in [0.5, 0.6) is 0 Å². The molecule has 2 aliphatic heterocycles. The van der Waals surface area contributed by atoms with Crippen molar-refractivity contribution in [3.8, 4) is 0 Å². The standard InChI is InChI=1S/C22H27FN9O8PS2/c1-7(10-15(35)9(2-33)43-21(10)32-6-28-13-17(32)29-22(24)30-19(13)37)41(38,42)39-3-8-14(34)11(23)20(40-8)31-5-27-12-16(31)25-4-26-18(12)36/h4-11,14-15,20-21,33-35H,2-3H2,1H3,(H,38,42)(H,25,26,36)(H3,24,29,30,37)/t7-,8+,9+,10+,11-,14+,15+,20+,21+,41?/m0/s1. The van der Waals surface area contributed by atoms with E-state index in [9.17, 15) is 29.8 Å². The van der Waals surface area contributed by atoms with Crippen LogP contribution in [0.25, 0.3) is 22.3 Å². The first-order valence-electron chi connectivity index (χ1n) is 12.9. The number of H-pyrrole nitrogens is 2. The normalized spacial score (nSPS) is 31.6. The van der Waals surface area contributed by atoms with E-state index in [1.165, 1.54) is 33.6 Å². The highest BCUT2D eigenvalue weighted by Gasteiger charge is 2.51. The summed E-state index contributed by atoms with van der Waals surface area (Å²) in [5.74, 6) is -0.970. The molecule has 0 aliphatic carbocycles. The number of rotatable bonds is 8. The van der Waals surface area contributed by atoms with Gasteiger partial charge in [0.2, 0.25) is 5.95 Å². The minimum absolute atomic E-state index is 0.0102. The quantitative estimate of drug-likeness (QED) is 0.109. The number of ether oxygens (including phenoxy) is 1. The maximum absolute atomic E-state index is 15.2. The molecule has 6 rings (SSSR count). The highest BCUT2D eigenvalue weighted by Crippen LogP contribution is 2.59.